The highest BCUT2D eigenvalue weighted by Crippen LogP contribution is 2.26. The number of hydrogen-bond acceptors (Lipinski definition) is 4. The summed E-state index contributed by atoms with van der Waals surface area (Å²) in [5.41, 5.74) is 0.379. The van der Waals surface area contributed by atoms with Gasteiger partial charge in [-0.3, -0.25) is 4.79 Å². The van der Waals surface area contributed by atoms with Crippen molar-refractivity contribution in [1.82, 2.24) is 4.98 Å². The molecule has 1 heterocycles. The fourth-order valence-corrected chi connectivity index (χ4v) is 2.00. The van der Waals surface area contributed by atoms with Gasteiger partial charge in [-0.2, -0.15) is 0 Å². The van der Waals surface area contributed by atoms with Gasteiger partial charge in [0.25, 0.3) is 5.91 Å². The van der Waals surface area contributed by atoms with Crippen LogP contribution in [0, 0.1) is 0 Å². The van der Waals surface area contributed by atoms with Gasteiger partial charge in [-0.15, -0.1) is 0 Å². The third kappa shape index (κ3) is 3.08. The number of amides is 1. The van der Waals surface area contributed by atoms with Crippen molar-refractivity contribution < 1.29 is 14.3 Å². The van der Waals surface area contributed by atoms with E-state index in [1.165, 1.54) is 7.11 Å². The van der Waals surface area contributed by atoms with Crippen LogP contribution < -0.4 is 14.8 Å². The van der Waals surface area contributed by atoms with E-state index in [1.807, 2.05) is 0 Å². The van der Waals surface area contributed by atoms with Crippen molar-refractivity contribution in [1.29, 1.82) is 0 Å². The number of nitrogens with zero attached hydrogens (tertiary/aromatic N) is 1. The van der Waals surface area contributed by atoms with Gasteiger partial charge in [-0.25, -0.2) is 4.98 Å². The number of benzene rings is 1. The van der Waals surface area contributed by atoms with Crippen molar-refractivity contribution in [2.24, 2.45) is 0 Å². The van der Waals surface area contributed by atoms with E-state index in [1.54, 1.807) is 43.6 Å². The summed E-state index contributed by atoms with van der Waals surface area (Å²) in [6.07, 6.45) is 1.60. The number of aromatic nitrogens is 1. The summed E-state index contributed by atoms with van der Waals surface area (Å²) in [7, 11) is 3.05. The third-order valence-corrected chi connectivity index (χ3v) is 3.28. The molecule has 1 aromatic heterocycles. The Bertz CT molecular complexity index is 632. The molecule has 1 aromatic carbocycles. The summed E-state index contributed by atoms with van der Waals surface area (Å²) in [5.74, 6) is 1.17. The minimum atomic E-state index is -0.319. The maximum Gasteiger partial charge on any atom is 0.260 e. The molecule has 2 rings (SSSR count). The topological polar surface area (TPSA) is 60.5 Å². The van der Waals surface area contributed by atoms with Crippen LogP contribution in [0.25, 0.3) is 0 Å². The fourth-order valence-electron chi connectivity index (χ4n) is 1.64. The summed E-state index contributed by atoms with van der Waals surface area (Å²) in [4.78, 5) is 16.4. The number of carbonyl (C=O) groups is 1. The first-order valence-corrected chi connectivity index (χ1v) is 6.59. The molecule has 0 aliphatic carbocycles. The lowest BCUT2D eigenvalue weighted by molar-refractivity contribution is 0.102. The van der Waals surface area contributed by atoms with E-state index in [-0.39, 0.29) is 5.91 Å². The van der Waals surface area contributed by atoms with Crippen LogP contribution in [0.1, 0.15) is 10.4 Å². The predicted octanol–water partition coefficient (Wildman–Crippen LogP) is 3.11. The van der Waals surface area contributed by atoms with Gasteiger partial charge in [0.1, 0.15) is 17.3 Å². The first-order valence-electron chi connectivity index (χ1n) is 5.79. The molecule has 0 spiro atoms. The number of nitrogens with one attached hydrogen (secondary N) is 1. The van der Waals surface area contributed by atoms with Crippen LogP contribution in [-0.4, -0.2) is 25.1 Å². The van der Waals surface area contributed by atoms with Gasteiger partial charge < -0.3 is 14.8 Å². The molecule has 0 radical (unpaired) electrons. The van der Waals surface area contributed by atoms with Crippen molar-refractivity contribution in [2.75, 3.05) is 19.5 Å². The monoisotopic (exact) mass is 336 g/mol. The molecule has 1 N–H and O–H groups in total. The van der Waals surface area contributed by atoms with E-state index in [2.05, 4.69) is 26.2 Å². The first-order chi connectivity index (χ1) is 9.65. The summed E-state index contributed by atoms with van der Waals surface area (Å²) in [6.45, 7) is 0. The Morgan fingerprint density at radius 3 is 2.70 bits per heavy atom. The van der Waals surface area contributed by atoms with Gasteiger partial charge in [-0.05, 0) is 46.3 Å². The molecule has 0 atom stereocenters. The molecule has 1 amide bonds. The number of ether oxygens (including phenoxy) is 2. The first kappa shape index (κ1) is 14.3. The van der Waals surface area contributed by atoms with E-state index in [4.69, 9.17) is 9.47 Å². The zero-order valence-corrected chi connectivity index (χ0v) is 12.6. The maximum atomic E-state index is 12.3. The maximum absolute atomic E-state index is 12.3. The van der Waals surface area contributed by atoms with E-state index in [9.17, 15) is 4.79 Å². The Balaban J connectivity index is 2.31. The molecular weight excluding hydrogens is 324 g/mol. The smallest absolute Gasteiger partial charge is 0.260 e. The van der Waals surface area contributed by atoms with Crippen LogP contribution in [0.4, 0.5) is 5.82 Å². The van der Waals surface area contributed by atoms with Crippen molar-refractivity contribution >= 4 is 27.7 Å². The molecule has 2 aromatic rings. The van der Waals surface area contributed by atoms with Gasteiger partial charge in [0.15, 0.2) is 0 Å². The minimum absolute atomic E-state index is 0.319. The molecule has 0 unspecified atom stereocenters. The third-order valence-electron chi connectivity index (χ3n) is 2.64. The quantitative estimate of drug-likeness (QED) is 0.931. The molecule has 0 aliphatic heterocycles. The van der Waals surface area contributed by atoms with E-state index >= 15 is 0 Å². The van der Waals surface area contributed by atoms with E-state index < -0.39 is 0 Å². The largest absolute Gasteiger partial charge is 0.497 e. The number of rotatable bonds is 4. The Morgan fingerprint density at radius 2 is 2.05 bits per heavy atom. The van der Waals surface area contributed by atoms with Crippen LogP contribution in [-0.2, 0) is 0 Å². The van der Waals surface area contributed by atoms with Crippen molar-refractivity contribution in [3.05, 3.63) is 46.6 Å². The average molecular weight is 337 g/mol. The lowest BCUT2D eigenvalue weighted by Gasteiger charge is -2.11. The molecule has 5 nitrogen and oxygen atoms in total. The Labute approximate surface area is 125 Å². The molecule has 0 saturated heterocycles. The molecule has 0 saturated carbocycles. The second-order valence-electron chi connectivity index (χ2n) is 3.85. The second-order valence-corrected chi connectivity index (χ2v) is 4.71. The van der Waals surface area contributed by atoms with E-state index in [0.717, 1.165) is 0 Å². The van der Waals surface area contributed by atoms with Gasteiger partial charge in [-0.1, -0.05) is 0 Å². The highest BCUT2D eigenvalue weighted by Gasteiger charge is 2.15. The average Bonchev–Trinajstić information content (AvgIpc) is 2.48. The summed E-state index contributed by atoms with van der Waals surface area (Å²) >= 11 is 3.33. The van der Waals surface area contributed by atoms with Crippen LogP contribution in [0.5, 0.6) is 11.5 Å². The molecule has 0 bridgehead atoms. The predicted molar refractivity (Wildman–Crippen MR) is 79.4 cm³/mol. The van der Waals surface area contributed by atoms with Gasteiger partial charge in [0.2, 0.25) is 0 Å². The summed E-state index contributed by atoms with van der Waals surface area (Å²) < 4.78 is 11.0. The Kier molecular flexibility index (Phi) is 4.57. The van der Waals surface area contributed by atoms with Gasteiger partial charge in [0, 0.05) is 6.20 Å². The highest BCUT2D eigenvalue weighted by molar-refractivity contribution is 9.10. The lowest BCUT2D eigenvalue weighted by Crippen LogP contribution is -2.14. The molecule has 0 fully saturated rings. The van der Waals surface area contributed by atoms with Crippen LogP contribution in [0.3, 0.4) is 0 Å². The van der Waals surface area contributed by atoms with Crippen molar-refractivity contribution in [3.8, 4) is 11.5 Å². The number of methoxy groups -OCH3 is 2. The number of anilines is 1. The molecule has 0 aliphatic rings. The number of carbonyl (C=O) groups excluding carboxylic acids is 1. The zero-order valence-electron chi connectivity index (χ0n) is 11.0. The lowest BCUT2D eigenvalue weighted by atomic mass is 10.1. The zero-order chi connectivity index (χ0) is 14.5. The standard InChI is InChI=1S/C14H13BrN2O3/c1-19-9-5-6-12(20-2)10(8-9)14(18)17-13-11(15)4-3-7-16-13/h3-8H,1-2H3,(H,16,17,18). The number of halogens is 1. The Hall–Kier alpha value is -2.08. The second kappa shape index (κ2) is 6.38. The summed E-state index contributed by atoms with van der Waals surface area (Å²) in [5, 5.41) is 2.72. The highest BCUT2D eigenvalue weighted by atomic mass is 79.9. The molecule has 6 heteroatoms. The molecular formula is C14H13BrN2O3. The van der Waals surface area contributed by atoms with Crippen molar-refractivity contribution in [3.63, 3.8) is 0 Å². The fraction of sp³-hybridized carbons (Fsp3) is 0.143. The molecule has 20 heavy (non-hydrogen) atoms. The number of pyridine rings is 1. The normalized spacial score (nSPS) is 9.95. The summed E-state index contributed by atoms with van der Waals surface area (Å²) in [6, 6.07) is 8.59. The SMILES string of the molecule is COc1ccc(OC)c(C(=O)Nc2ncccc2Br)c1. The van der Waals surface area contributed by atoms with Crippen LogP contribution in [0.2, 0.25) is 0 Å². The minimum Gasteiger partial charge on any atom is -0.497 e. The van der Waals surface area contributed by atoms with Gasteiger partial charge in [0.05, 0.1) is 24.3 Å². The Morgan fingerprint density at radius 1 is 1.25 bits per heavy atom. The van der Waals surface area contributed by atoms with Crippen LogP contribution >= 0.6 is 15.9 Å². The van der Waals surface area contributed by atoms with Crippen LogP contribution in [0.15, 0.2) is 41.0 Å². The van der Waals surface area contributed by atoms with Gasteiger partial charge >= 0.3 is 0 Å². The number of hydrogen-bond donors (Lipinski definition) is 1. The van der Waals surface area contributed by atoms with Crippen molar-refractivity contribution in [2.45, 2.75) is 0 Å². The molecule has 104 valence electrons. The van der Waals surface area contributed by atoms with E-state index in [0.29, 0.717) is 27.4 Å².